The number of carbonyl (C=O) groups excluding carboxylic acids is 1. The van der Waals surface area contributed by atoms with Crippen LogP contribution in [0.5, 0.6) is 0 Å². The van der Waals surface area contributed by atoms with E-state index in [0.29, 0.717) is 6.54 Å². The molecule has 1 atom stereocenters. The molecule has 0 spiro atoms. The highest BCUT2D eigenvalue weighted by Crippen LogP contribution is 2.18. The molecule has 1 fully saturated rings. The number of amides is 1. The molecule has 0 aromatic carbocycles. The number of nitrogens with one attached hydrogen (secondary N) is 2. The average molecular weight is 273 g/mol. The van der Waals surface area contributed by atoms with E-state index in [1.165, 1.54) is 0 Å². The molecule has 0 saturated carbocycles. The number of nitrogens with zero attached hydrogens (tertiary/aromatic N) is 2. The summed E-state index contributed by atoms with van der Waals surface area (Å²) in [6, 6.07) is 1.88. The van der Waals surface area contributed by atoms with E-state index in [1.807, 2.05) is 23.9 Å². The van der Waals surface area contributed by atoms with Crippen molar-refractivity contribution in [1.29, 1.82) is 0 Å². The van der Waals surface area contributed by atoms with Crippen LogP contribution in [0.3, 0.4) is 0 Å². The van der Waals surface area contributed by atoms with E-state index in [-0.39, 0.29) is 23.9 Å². The minimum absolute atomic E-state index is 0. The second-order valence-electron chi connectivity index (χ2n) is 4.74. The van der Waals surface area contributed by atoms with Crippen LogP contribution >= 0.6 is 12.4 Å². The Kier molecular flexibility index (Phi) is 5.62. The quantitative estimate of drug-likeness (QED) is 0.858. The van der Waals surface area contributed by atoms with Gasteiger partial charge in [0.2, 0.25) is 5.91 Å². The van der Waals surface area contributed by atoms with Crippen molar-refractivity contribution in [2.75, 3.05) is 13.1 Å². The smallest absolute Gasteiger partial charge is 0.240 e. The number of carbonyl (C=O) groups is 1. The molecule has 102 valence electrons. The van der Waals surface area contributed by atoms with Gasteiger partial charge >= 0.3 is 0 Å². The molecule has 1 saturated heterocycles. The van der Waals surface area contributed by atoms with Crippen LogP contribution in [0.15, 0.2) is 18.5 Å². The van der Waals surface area contributed by atoms with E-state index >= 15 is 0 Å². The largest absolute Gasteiger partial charge is 0.353 e. The molecule has 1 amide bonds. The molecule has 1 aliphatic rings. The van der Waals surface area contributed by atoms with Crippen LogP contribution in [0, 0.1) is 0 Å². The molecule has 0 aliphatic carbocycles. The third-order valence-electron chi connectivity index (χ3n) is 3.31. The van der Waals surface area contributed by atoms with Crippen molar-refractivity contribution in [1.82, 2.24) is 20.4 Å². The van der Waals surface area contributed by atoms with Crippen LogP contribution in [0.25, 0.3) is 0 Å². The van der Waals surface area contributed by atoms with Crippen molar-refractivity contribution >= 4 is 18.3 Å². The van der Waals surface area contributed by atoms with Gasteiger partial charge in [-0.15, -0.1) is 12.4 Å². The Bertz CT molecular complexity index is 360. The summed E-state index contributed by atoms with van der Waals surface area (Å²) in [5, 5.41) is 10.4. The molecule has 0 bridgehead atoms. The van der Waals surface area contributed by atoms with Crippen LogP contribution in [0.4, 0.5) is 0 Å². The van der Waals surface area contributed by atoms with E-state index in [2.05, 4.69) is 15.7 Å². The Morgan fingerprint density at radius 3 is 3.00 bits per heavy atom. The Morgan fingerprint density at radius 1 is 1.56 bits per heavy atom. The predicted octanol–water partition coefficient (Wildman–Crippen LogP) is 0.953. The van der Waals surface area contributed by atoms with Gasteiger partial charge in [0.25, 0.3) is 0 Å². The molecular formula is C12H21ClN4O. The Balaban J connectivity index is 0.00000162. The van der Waals surface area contributed by atoms with Crippen LogP contribution in [0.2, 0.25) is 0 Å². The summed E-state index contributed by atoms with van der Waals surface area (Å²) in [7, 11) is 0. The second-order valence-corrected chi connectivity index (χ2v) is 4.74. The lowest BCUT2D eigenvalue weighted by Crippen LogP contribution is -2.57. The Hall–Kier alpha value is -1.07. The van der Waals surface area contributed by atoms with Crippen molar-refractivity contribution in [3.8, 4) is 0 Å². The summed E-state index contributed by atoms with van der Waals surface area (Å²) < 4.78 is 1.82. The topological polar surface area (TPSA) is 59.0 Å². The molecular weight excluding hydrogens is 252 g/mol. The lowest BCUT2D eigenvalue weighted by atomic mass is 9.90. The minimum atomic E-state index is -0.387. The first-order valence-corrected chi connectivity index (χ1v) is 6.21. The zero-order valence-corrected chi connectivity index (χ0v) is 11.5. The summed E-state index contributed by atoms with van der Waals surface area (Å²) in [6.45, 7) is 4.26. The number of rotatable bonds is 4. The van der Waals surface area contributed by atoms with Crippen molar-refractivity contribution in [2.45, 2.75) is 38.3 Å². The minimum Gasteiger partial charge on any atom is -0.353 e. The third kappa shape index (κ3) is 3.71. The van der Waals surface area contributed by atoms with E-state index in [1.54, 1.807) is 6.20 Å². The van der Waals surface area contributed by atoms with Gasteiger partial charge in [-0.1, -0.05) is 0 Å². The summed E-state index contributed by atoms with van der Waals surface area (Å²) >= 11 is 0. The molecule has 1 unspecified atom stereocenters. The van der Waals surface area contributed by atoms with Crippen molar-refractivity contribution < 1.29 is 4.79 Å². The van der Waals surface area contributed by atoms with Crippen molar-refractivity contribution in [3.05, 3.63) is 18.5 Å². The normalized spacial score (nSPS) is 23.2. The summed E-state index contributed by atoms with van der Waals surface area (Å²) in [4.78, 5) is 12.0. The maximum absolute atomic E-state index is 12.0. The van der Waals surface area contributed by atoms with Gasteiger partial charge in [0.05, 0.1) is 12.1 Å². The monoisotopic (exact) mass is 272 g/mol. The van der Waals surface area contributed by atoms with Gasteiger partial charge in [0.15, 0.2) is 0 Å². The molecule has 2 heterocycles. The average Bonchev–Trinajstić information content (AvgIpc) is 2.83. The molecule has 1 aromatic rings. The molecule has 2 N–H and O–H groups in total. The zero-order chi connectivity index (χ0) is 12.1. The van der Waals surface area contributed by atoms with Crippen LogP contribution in [-0.2, 0) is 11.3 Å². The first-order valence-electron chi connectivity index (χ1n) is 6.21. The molecule has 2 rings (SSSR count). The van der Waals surface area contributed by atoms with E-state index < -0.39 is 0 Å². The maximum atomic E-state index is 12.0. The maximum Gasteiger partial charge on any atom is 0.240 e. The second kappa shape index (κ2) is 6.75. The Morgan fingerprint density at radius 2 is 2.39 bits per heavy atom. The Labute approximate surface area is 114 Å². The van der Waals surface area contributed by atoms with Crippen molar-refractivity contribution in [3.63, 3.8) is 0 Å². The van der Waals surface area contributed by atoms with Gasteiger partial charge in [0.1, 0.15) is 0 Å². The molecule has 6 heteroatoms. The summed E-state index contributed by atoms with van der Waals surface area (Å²) in [5.41, 5.74) is -0.387. The SMILES string of the molecule is CC1(C(=O)NCCn2cccn2)CCCCN1.Cl. The molecule has 1 aliphatic heterocycles. The van der Waals surface area contributed by atoms with Gasteiger partial charge < -0.3 is 10.6 Å². The van der Waals surface area contributed by atoms with Crippen LogP contribution in [0.1, 0.15) is 26.2 Å². The van der Waals surface area contributed by atoms with Gasteiger partial charge in [-0.25, -0.2) is 0 Å². The highest BCUT2D eigenvalue weighted by Gasteiger charge is 2.33. The van der Waals surface area contributed by atoms with Crippen LogP contribution in [-0.4, -0.2) is 34.3 Å². The van der Waals surface area contributed by atoms with Crippen LogP contribution < -0.4 is 10.6 Å². The number of hydrogen-bond donors (Lipinski definition) is 2. The van der Waals surface area contributed by atoms with Gasteiger partial charge in [-0.2, -0.15) is 5.10 Å². The van der Waals surface area contributed by atoms with E-state index in [0.717, 1.165) is 32.4 Å². The lowest BCUT2D eigenvalue weighted by Gasteiger charge is -2.33. The highest BCUT2D eigenvalue weighted by atomic mass is 35.5. The summed E-state index contributed by atoms with van der Waals surface area (Å²) in [6.07, 6.45) is 6.84. The predicted molar refractivity (Wildman–Crippen MR) is 72.7 cm³/mol. The standard InChI is InChI=1S/C12H20N4O.ClH/c1-12(5-2-3-6-14-12)11(17)13-8-10-16-9-4-7-15-16;/h4,7,9,14H,2-3,5-6,8,10H2,1H3,(H,13,17);1H. The molecule has 1 aromatic heterocycles. The van der Waals surface area contributed by atoms with Gasteiger partial charge in [0, 0.05) is 18.9 Å². The number of halogens is 1. The fourth-order valence-corrected chi connectivity index (χ4v) is 2.16. The number of piperidine rings is 1. The first-order chi connectivity index (χ1) is 8.21. The number of aromatic nitrogens is 2. The van der Waals surface area contributed by atoms with E-state index in [9.17, 15) is 4.79 Å². The summed E-state index contributed by atoms with van der Waals surface area (Å²) in [5.74, 6) is 0.101. The highest BCUT2D eigenvalue weighted by molar-refractivity contribution is 5.86. The third-order valence-corrected chi connectivity index (χ3v) is 3.31. The van der Waals surface area contributed by atoms with Gasteiger partial charge in [-0.05, 0) is 38.8 Å². The van der Waals surface area contributed by atoms with Gasteiger partial charge in [-0.3, -0.25) is 9.48 Å². The lowest BCUT2D eigenvalue weighted by molar-refractivity contribution is -0.127. The molecule has 0 radical (unpaired) electrons. The molecule has 5 nitrogen and oxygen atoms in total. The van der Waals surface area contributed by atoms with E-state index in [4.69, 9.17) is 0 Å². The van der Waals surface area contributed by atoms with Crippen molar-refractivity contribution in [2.24, 2.45) is 0 Å². The number of hydrogen-bond acceptors (Lipinski definition) is 3. The zero-order valence-electron chi connectivity index (χ0n) is 10.7. The molecule has 18 heavy (non-hydrogen) atoms. The fraction of sp³-hybridized carbons (Fsp3) is 0.667. The fourth-order valence-electron chi connectivity index (χ4n) is 2.16. The first kappa shape index (κ1) is 15.0.